The van der Waals surface area contributed by atoms with Gasteiger partial charge in [-0.15, -0.1) is 0 Å². The van der Waals surface area contributed by atoms with Gasteiger partial charge in [-0.1, -0.05) is 6.92 Å². The lowest BCUT2D eigenvalue weighted by Gasteiger charge is -2.47. The standard InChI is InChI=1S/C8H13NO2/c1-3-8(9-6-10)4-7(2,11)5-8/h11H,3-5H2,1-2H3. The van der Waals surface area contributed by atoms with E-state index in [2.05, 4.69) is 4.99 Å². The van der Waals surface area contributed by atoms with Gasteiger partial charge in [0.25, 0.3) is 0 Å². The monoisotopic (exact) mass is 155 g/mol. The highest BCUT2D eigenvalue weighted by Crippen LogP contribution is 2.45. The molecule has 1 fully saturated rings. The summed E-state index contributed by atoms with van der Waals surface area (Å²) in [5, 5.41) is 9.42. The summed E-state index contributed by atoms with van der Waals surface area (Å²) in [5.74, 6) is 0. The molecular weight excluding hydrogens is 142 g/mol. The fourth-order valence-corrected chi connectivity index (χ4v) is 1.87. The van der Waals surface area contributed by atoms with Gasteiger partial charge >= 0.3 is 0 Å². The van der Waals surface area contributed by atoms with Crippen LogP contribution in [0.15, 0.2) is 4.99 Å². The second-order valence-electron chi connectivity index (χ2n) is 3.63. The average molecular weight is 155 g/mol. The first-order valence-corrected chi connectivity index (χ1v) is 3.85. The molecule has 0 aromatic rings. The topological polar surface area (TPSA) is 49.7 Å². The number of aliphatic imine (C=N–C) groups is 1. The minimum absolute atomic E-state index is 0.300. The first-order chi connectivity index (χ1) is 5.04. The Balaban J connectivity index is 2.64. The lowest BCUT2D eigenvalue weighted by Crippen LogP contribution is -2.53. The van der Waals surface area contributed by atoms with Gasteiger partial charge in [0, 0.05) is 12.8 Å². The van der Waals surface area contributed by atoms with Crippen LogP contribution in [0, 0.1) is 0 Å². The van der Waals surface area contributed by atoms with E-state index in [0.717, 1.165) is 6.42 Å². The second kappa shape index (κ2) is 2.43. The molecule has 1 saturated carbocycles. The van der Waals surface area contributed by atoms with Crippen molar-refractivity contribution in [1.82, 2.24) is 0 Å². The van der Waals surface area contributed by atoms with E-state index in [9.17, 15) is 9.90 Å². The Morgan fingerprint density at radius 1 is 1.64 bits per heavy atom. The molecular formula is C8H13NO2. The maximum absolute atomic E-state index is 10.0. The number of hydrogen-bond donors (Lipinski definition) is 1. The number of hydrogen-bond acceptors (Lipinski definition) is 3. The summed E-state index contributed by atoms with van der Waals surface area (Å²) in [6.07, 6.45) is 3.55. The Hall–Kier alpha value is -0.660. The lowest BCUT2D eigenvalue weighted by atomic mass is 9.65. The van der Waals surface area contributed by atoms with Gasteiger partial charge < -0.3 is 5.11 Å². The average Bonchev–Trinajstić information content (AvgIpc) is 1.84. The van der Waals surface area contributed by atoms with E-state index in [0.29, 0.717) is 12.8 Å². The van der Waals surface area contributed by atoms with Crippen molar-refractivity contribution in [2.24, 2.45) is 4.99 Å². The van der Waals surface area contributed by atoms with Crippen LogP contribution in [0.1, 0.15) is 33.1 Å². The third-order valence-electron chi connectivity index (χ3n) is 2.36. The van der Waals surface area contributed by atoms with Crippen LogP contribution in [0.2, 0.25) is 0 Å². The number of aliphatic hydroxyl groups is 1. The van der Waals surface area contributed by atoms with Crippen LogP contribution >= 0.6 is 0 Å². The highest BCUT2D eigenvalue weighted by molar-refractivity contribution is 5.36. The van der Waals surface area contributed by atoms with E-state index < -0.39 is 5.60 Å². The molecule has 0 bridgehead atoms. The number of carbonyl (C=O) groups excluding carboxylic acids is 1. The zero-order chi connectivity index (χ0) is 8.54. The third-order valence-corrected chi connectivity index (χ3v) is 2.36. The van der Waals surface area contributed by atoms with Crippen molar-refractivity contribution in [2.75, 3.05) is 0 Å². The lowest BCUT2D eigenvalue weighted by molar-refractivity contribution is -0.0710. The molecule has 11 heavy (non-hydrogen) atoms. The Bertz CT molecular complexity index is 196. The van der Waals surface area contributed by atoms with Gasteiger partial charge in [-0.2, -0.15) is 4.99 Å². The molecule has 0 aromatic heterocycles. The molecule has 0 aromatic carbocycles. The van der Waals surface area contributed by atoms with Crippen LogP contribution in [0.4, 0.5) is 0 Å². The first kappa shape index (κ1) is 8.44. The van der Waals surface area contributed by atoms with Gasteiger partial charge in [-0.3, -0.25) is 0 Å². The molecule has 1 rings (SSSR count). The normalized spacial score (nSPS) is 42.5. The summed E-state index contributed by atoms with van der Waals surface area (Å²) >= 11 is 0. The van der Waals surface area contributed by atoms with Crippen LogP contribution in [0.25, 0.3) is 0 Å². The Kier molecular flexibility index (Phi) is 1.87. The third kappa shape index (κ3) is 1.50. The van der Waals surface area contributed by atoms with Crippen LogP contribution < -0.4 is 0 Å². The predicted molar refractivity (Wildman–Crippen MR) is 41.0 cm³/mol. The summed E-state index contributed by atoms with van der Waals surface area (Å²) in [6, 6.07) is 0. The Labute approximate surface area is 66.1 Å². The molecule has 1 aliphatic rings. The van der Waals surface area contributed by atoms with Crippen molar-refractivity contribution in [3.63, 3.8) is 0 Å². The highest BCUT2D eigenvalue weighted by Gasteiger charge is 2.50. The van der Waals surface area contributed by atoms with Crippen molar-refractivity contribution >= 4 is 6.08 Å². The number of nitrogens with zero attached hydrogens (tertiary/aromatic N) is 1. The molecule has 0 saturated heterocycles. The maximum atomic E-state index is 10.0. The summed E-state index contributed by atoms with van der Waals surface area (Å²) in [7, 11) is 0. The predicted octanol–water partition coefficient (Wildman–Crippen LogP) is 1.02. The minimum Gasteiger partial charge on any atom is -0.390 e. The van der Waals surface area contributed by atoms with E-state index in [1.807, 2.05) is 6.92 Å². The molecule has 1 N–H and O–H groups in total. The molecule has 0 heterocycles. The minimum atomic E-state index is -0.615. The summed E-state index contributed by atoms with van der Waals surface area (Å²) in [5.41, 5.74) is -0.915. The second-order valence-corrected chi connectivity index (χ2v) is 3.63. The van der Waals surface area contributed by atoms with Gasteiger partial charge in [-0.25, -0.2) is 4.79 Å². The fraction of sp³-hybridized carbons (Fsp3) is 0.875. The van der Waals surface area contributed by atoms with E-state index in [-0.39, 0.29) is 5.54 Å². The molecule has 0 amide bonds. The molecule has 0 atom stereocenters. The van der Waals surface area contributed by atoms with Gasteiger partial charge in [0.2, 0.25) is 6.08 Å². The molecule has 0 unspecified atom stereocenters. The molecule has 3 nitrogen and oxygen atoms in total. The maximum Gasteiger partial charge on any atom is 0.235 e. The van der Waals surface area contributed by atoms with Crippen LogP contribution in [-0.2, 0) is 4.79 Å². The molecule has 62 valence electrons. The first-order valence-electron chi connectivity index (χ1n) is 3.85. The zero-order valence-corrected chi connectivity index (χ0v) is 6.92. The SMILES string of the molecule is CCC1(N=C=O)CC(C)(O)C1. The molecule has 0 radical (unpaired) electrons. The summed E-state index contributed by atoms with van der Waals surface area (Å²) in [6.45, 7) is 3.73. The summed E-state index contributed by atoms with van der Waals surface area (Å²) in [4.78, 5) is 13.7. The molecule has 0 aliphatic heterocycles. The van der Waals surface area contributed by atoms with Crippen molar-refractivity contribution in [3.05, 3.63) is 0 Å². The van der Waals surface area contributed by atoms with Gasteiger partial charge in [0.1, 0.15) is 0 Å². The van der Waals surface area contributed by atoms with E-state index in [1.165, 1.54) is 0 Å². The number of rotatable bonds is 2. The smallest absolute Gasteiger partial charge is 0.235 e. The van der Waals surface area contributed by atoms with Crippen molar-refractivity contribution < 1.29 is 9.90 Å². The highest BCUT2D eigenvalue weighted by atomic mass is 16.3. The van der Waals surface area contributed by atoms with E-state index in [1.54, 1.807) is 13.0 Å². The van der Waals surface area contributed by atoms with Gasteiger partial charge in [-0.05, 0) is 13.3 Å². The molecule has 3 heteroatoms. The molecule has 0 spiro atoms. The quantitative estimate of drug-likeness (QED) is 0.478. The van der Waals surface area contributed by atoms with Gasteiger partial charge in [0.15, 0.2) is 0 Å². The largest absolute Gasteiger partial charge is 0.390 e. The van der Waals surface area contributed by atoms with Crippen molar-refractivity contribution in [1.29, 1.82) is 0 Å². The fourth-order valence-electron chi connectivity index (χ4n) is 1.87. The van der Waals surface area contributed by atoms with Crippen molar-refractivity contribution in [2.45, 2.75) is 44.2 Å². The number of isocyanates is 1. The summed E-state index contributed by atoms with van der Waals surface area (Å²) < 4.78 is 0. The van der Waals surface area contributed by atoms with Crippen molar-refractivity contribution in [3.8, 4) is 0 Å². The Morgan fingerprint density at radius 2 is 2.18 bits per heavy atom. The van der Waals surface area contributed by atoms with E-state index in [4.69, 9.17) is 0 Å². The van der Waals surface area contributed by atoms with E-state index >= 15 is 0 Å². The van der Waals surface area contributed by atoms with Crippen LogP contribution in [-0.4, -0.2) is 22.3 Å². The molecule has 1 aliphatic carbocycles. The van der Waals surface area contributed by atoms with Crippen LogP contribution in [0.3, 0.4) is 0 Å². The van der Waals surface area contributed by atoms with Gasteiger partial charge in [0.05, 0.1) is 11.1 Å². The Morgan fingerprint density at radius 3 is 2.45 bits per heavy atom. The zero-order valence-electron chi connectivity index (χ0n) is 6.92. The van der Waals surface area contributed by atoms with Crippen LogP contribution in [0.5, 0.6) is 0 Å².